The molecule has 0 unspecified atom stereocenters. The molecule has 0 amide bonds. The van der Waals surface area contributed by atoms with Crippen molar-refractivity contribution in [2.45, 2.75) is 47.5 Å². The molecule has 0 spiro atoms. The van der Waals surface area contributed by atoms with Crippen LogP contribution in [0, 0.1) is 27.7 Å². The number of hydrogen-bond acceptors (Lipinski definition) is 4. The summed E-state index contributed by atoms with van der Waals surface area (Å²) < 4.78 is 13.8. The lowest BCUT2D eigenvalue weighted by Crippen LogP contribution is -2.16. The topological polar surface area (TPSA) is 32.8 Å². The van der Waals surface area contributed by atoms with Gasteiger partial charge in [-0.2, -0.15) is 0 Å². The van der Waals surface area contributed by atoms with Gasteiger partial charge in [0.05, 0.1) is 22.7 Å². The molecule has 12 rings (SSSR count). The number of furan rings is 2. The first kappa shape index (κ1) is 37.2. The maximum absolute atomic E-state index is 6.90. The lowest BCUT2D eigenvalue weighted by Gasteiger charge is -2.33. The first-order valence-corrected chi connectivity index (χ1v) is 22.0. The molecule has 0 fully saturated rings. The molecule has 0 aliphatic heterocycles. The number of para-hydroxylation sites is 4. The number of anilines is 6. The van der Waals surface area contributed by atoms with Gasteiger partial charge in [-0.15, -0.1) is 0 Å². The average molecular weight is 815 g/mol. The van der Waals surface area contributed by atoms with Crippen LogP contribution in [0.5, 0.6) is 0 Å². The second-order valence-electron chi connectivity index (χ2n) is 17.8. The van der Waals surface area contributed by atoms with Crippen molar-refractivity contribution in [3.63, 3.8) is 0 Å². The van der Waals surface area contributed by atoms with E-state index in [1.807, 2.05) is 0 Å². The van der Waals surface area contributed by atoms with Crippen molar-refractivity contribution < 1.29 is 8.83 Å². The second-order valence-corrected chi connectivity index (χ2v) is 17.8. The van der Waals surface area contributed by atoms with Crippen molar-refractivity contribution in [1.29, 1.82) is 0 Å². The summed E-state index contributed by atoms with van der Waals surface area (Å²) >= 11 is 0. The molecular formula is C59H46N2O2. The van der Waals surface area contributed by atoms with Gasteiger partial charge in [0.1, 0.15) is 11.2 Å². The monoisotopic (exact) mass is 814 g/mol. The second kappa shape index (κ2) is 14.0. The Morgan fingerprint density at radius 3 is 1.30 bits per heavy atom. The van der Waals surface area contributed by atoms with Gasteiger partial charge in [-0.25, -0.2) is 0 Å². The highest BCUT2D eigenvalue weighted by atomic mass is 16.3. The third kappa shape index (κ3) is 5.67. The molecule has 63 heavy (non-hydrogen) atoms. The van der Waals surface area contributed by atoms with E-state index >= 15 is 0 Å². The number of benzene rings is 10. The van der Waals surface area contributed by atoms with Gasteiger partial charge in [0.25, 0.3) is 0 Å². The van der Waals surface area contributed by atoms with Crippen LogP contribution in [-0.4, -0.2) is 0 Å². The van der Waals surface area contributed by atoms with Crippen LogP contribution >= 0.6 is 0 Å². The zero-order valence-corrected chi connectivity index (χ0v) is 36.4. The van der Waals surface area contributed by atoms with E-state index in [1.165, 1.54) is 60.1 Å². The maximum Gasteiger partial charge on any atom is 0.159 e. The molecule has 12 aromatic rings. The molecule has 10 aromatic carbocycles. The summed E-state index contributed by atoms with van der Waals surface area (Å²) in [6, 6.07) is 60.0. The van der Waals surface area contributed by atoms with Gasteiger partial charge in [0.15, 0.2) is 11.2 Å². The molecule has 0 aliphatic carbocycles. The first-order valence-electron chi connectivity index (χ1n) is 22.0. The Kier molecular flexibility index (Phi) is 8.26. The normalized spacial score (nSPS) is 12.1. The Morgan fingerprint density at radius 2 is 0.825 bits per heavy atom. The third-order valence-corrected chi connectivity index (χ3v) is 13.3. The molecule has 0 bridgehead atoms. The van der Waals surface area contributed by atoms with Gasteiger partial charge in [0.2, 0.25) is 0 Å². The smallest absolute Gasteiger partial charge is 0.159 e. The predicted octanol–water partition coefficient (Wildman–Crippen LogP) is 17.7. The summed E-state index contributed by atoms with van der Waals surface area (Å²) in [6.45, 7) is 13.4. The standard InChI is InChI=1S/C59H46N2O2/c1-34(2)41-31-39-25-27-46-52(60(50-29-35(3)21-23-37(50)5)48-17-11-15-44-42-13-7-9-19-54(42)62-58(44)48)33-53(47-28-26-40(32-41)56(39)57(46)47)61(51-30-36(4)22-24-38(51)6)49-18-12-16-45-43-14-8-10-20-55(43)63-59(45)49/h7-34H,1-6H3. The minimum Gasteiger partial charge on any atom is -0.454 e. The van der Waals surface area contributed by atoms with Gasteiger partial charge < -0.3 is 18.6 Å². The number of hydrogen-bond donors (Lipinski definition) is 0. The molecule has 0 saturated heterocycles. The molecule has 4 nitrogen and oxygen atoms in total. The van der Waals surface area contributed by atoms with E-state index in [2.05, 4.69) is 215 Å². The van der Waals surface area contributed by atoms with E-state index < -0.39 is 0 Å². The Hall–Kier alpha value is -7.56. The molecule has 0 atom stereocenters. The van der Waals surface area contributed by atoms with E-state index in [4.69, 9.17) is 8.83 Å². The zero-order valence-electron chi connectivity index (χ0n) is 36.4. The van der Waals surface area contributed by atoms with E-state index in [0.717, 1.165) is 78.0 Å². The molecule has 0 saturated carbocycles. The largest absolute Gasteiger partial charge is 0.454 e. The summed E-state index contributed by atoms with van der Waals surface area (Å²) in [4.78, 5) is 4.93. The van der Waals surface area contributed by atoms with Gasteiger partial charge in [-0.05, 0) is 120 Å². The fourth-order valence-electron chi connectivity index (χ4n) is 10.1. The maximum atomic E-state index is 6.90. The van der Waals surface area contributed by atoms with Crippen LogP contribution in [0.1, 0.15) is 47.6 Å². The van der Waals surface area contributed by atoms with Crippen molar-refractivity contribution in [1.82, 2.24) is 0 Å². The van der Waals surface area contributed by atoms with Crippen LogP contribution in [-0.2, 0) is 0 Å². The summed E-state index contributed by atoms with van der Waals surface area (Å²) in [5.41, 5.74) is 15.8. The Labute approximate surface area is 366 Å². The van der Waals surface area contributed by atoms with Crippen molar-refractivity contribution in [3.05, 3.63) is 192 Å². The fourth-order valence-corrected chi connectivity index (χ4v) is 10.1. The fraction of sp³-hybridized carbons (Fsp3) is 0.119. The van der Waals surface area contributed by atoms with E-state index in [9.17, 15) is 0 Å². The highest BCUT2D eigenvalue weighted by Gasteiger charge is 2.29. The summed E-state index contributed by atoms with van der Waals surface area (Å²) in [5, 5.41) is 11.7. The van der Waals surface area contributed by atoms with Crippen LogP contribution < -0.4 is 9.80 Å². The SMILES string of the molecule is Cc1ccc(C)c(N(c2cc(N(c3cc(C)ccc3C)c3cccc4c3oc3ccccc34)c3ccc4cc(C(C)C)cc5ccc2c3c54)c2cccc3c2oc2ccccc23)c1. The van der Waals surface area contributed by atoms with Crippen LogP contribution in [0.3, 0.4) is 0 Å². The number of aryl methyl sites for hydroxylation is 4. The van der Waals surface area contributed by atoms with Crippen LogP contribution in [0.25, 0.3) is 76.2 Å². The van der Waals surface area contributed by atoms with Gasteiger partial charge in [-0.1, -0.05) is 135 Å². The van der Waals surface area contributed by atoms with Crippen LogP contribution in [0.15, 0.2) is 173 Å². The minimum atomic E-state index is 0.395. The van der Waals surface area contributed by atoms with Crippen LogP contribution in [0.4, 0.5) is 34.1 Å². The highest BCUT2D eigenvalue weighted by Crippen LogP contribution is 2.53. The highest BCUT2D eigenvalue weighted by molar-refractivity contribution is 6.29. The van der Waals surface area contributed by atoms with E-state index in [-0.39, 0.29) is 0 Å². The van der Waals surface area contributed by atoms with Crippen molar-refractivity contribution in [2.24, 2.45) is 0 Å². The summed E-state index contributed by atoms with van der Waals surface area (Å²) in [5.74, 6) is 0.395. The quantitative estimate of drug-likeness (QED) is 0.150. The minimum absolute atomic E-state index is 0.395. The summed E-state index contributed by atoms with van der Waals surface area (Å²) in [7, 11) is 0. The lowest BCUT2D eigenvalue weighted by molar-refractivity contribution is 0.669. The summed E-state index contributed by atoms with van der Waals surface area (Å²) in [6.07, 6.45) is 0. The number of nitrogens with zero attached hydrogens (tertiary/aromatic N) is 2. The van der Waals surface area contributed by atoms with Gasteiger partial charge in [0, 0.05) is 49.1 Å². The number of rotatable bonds is 7. The molecular weight excluding hydrogens is 769 g/mol. The zero-order chi connectivity index (χ0) is 42.7. The Morgan fingerprint density at radius 1 is 0.365 bits per heavy atom. The molecule has 0 aliphatic rings. The van der Waals surface area contributed by atoms with Gasteiger partial charge >= 0.3 is 0 Å². The Balaban J connectivity index is 1.27. The average Bonchev–Trinajstić information content (AvgIpc) is 3.88. The molecule has 2 heterocycles. The number of fused-ring (bicyclic) bond motifs is 6. The predicted molar refractivity (Wildman–Crippen MR) is 267 cm³/mol. The molecule has 0 radical (unpaired) electrons. The third-order valence-electron chi connectivity index (χ3n) is 13.3. The van der Waals surface area contributed by atoms with E-state index in [1.54, 1.807) is 0 Å². The van der Waals surface area contributed by atoms with Crippen LogP contribution in [0.2, 0.25) is 0 Å². The van der Waals surface area contributed by atoms with Crippen molar-refractivity contribution in [2.75, 3.05) is 9.80 Å². The molecule has 304 valence electrons. The molecule has 0 N–H and O–H groups in total. The lowest BCUT2D eigenvalue weighted by atomic mass is 9.88. The van der Waals surface area contributed by atoms with Gasteiger partial charge in [-0.3, -0.25) is 0 Å². The molecule has 4 heteroatoms. The first-order chi connectivity index (χ1) is 30.7. The Bertz CT molecular complexity index is 3550. The van der Waals surface area contributed by atoms with Crippen molar-refractivity contribution in [3.8, 4) is 0 Å². The van der Waals surface area contributed by atoms with E-state index in [0.29, 0.717) is 5.92 Å². The van der Waals surface area contributed by atoms with Crippen molar-refractivity contribution >= 4 is 110 Å². The molecule has 2 aromatic heterocycles.